The van der Waals surface area contributed by atoms with E-state index >= 15 is 0 Å². The minimum atomic E-state index is 0. The lowest BCUT2D eigenvalue weighted by Crippen LogP contribution is -1.98. The van der Waals surface area contributed by atoms with Crippen molar-refractivity contribution < 1.29 is 1.43 Å². The Bertz CT molecular complexity index is 1360. The second kappa shape index (κ2) is 5.34. The highest BCUT2D eigenvalue weighted by molar-refractivity contribution is 6.02. The molecule has 1 aliphatic carbocycles. The van der Waals surface area contributed by atoms with Gasteiger partial charge in [0.1, 0.15) is 5.82 Å². The van der Waals surface area contributed by atoms with Gasteiger partial charge in [-0.15, -0.1) is 0 Å². The first-order valence-corrected chi connectivity index (χ1v) is 9.51. The van der Waals surface area contributed by atoms with E-state index in [2.05, 4.69) is 39.8 Å². The number of hydrogen-bond acceptors (Lipinski definition) is 5. The van der Waals surface area contributed by atoms with Crippen molar-refractivity contribution in [3.8, 4) is 0 Å². The summed E-state index contributed by atoms with van der Waals surface area (Å²) in [4.78, 5) is 18.7. The van der Waals surface area contributed by atoms with Crippen molar-refractivity contribution in [1.29, 1.82) is 0 Å². The first-order valence-electron chi connectivity index (χ1n) is 9.51. The molecule has 140 valence electrons. The van der Waals surface area contributed by atoms with Crippen LogP contribution in [0.25, 0.3) is 27.6 Å². The minimum absolute atomic E-state index is 0. The first kappa shape index (κ1) is 15.7. The monoisotopic (exact) mass is 371 g/mol. The van der Waals surface area contributed by atoms with Crippen molar-refractivity contribution in [2.24, 2.45) is 7.05 Å². The molecule has 7 nitrogen and oxygen atoms in total. The van der Waals surface area contributed by atoms with Gasteiger partial charge in [-0.1, -0.05) is 0 Å². The molecule has 1 unspecified atom stereocenters. The fourth-order valence-corrected chi connectivity index (χ4v) is 4.19. The van der Waals surface area contributed by atoms with Crippen molar-refractivity contribution in [1.82, 2.24) is 34.1 Å². The maximum absolute atomic E-state index is 5.02. The van der Waals surface area contributed by atoms with E-state index in [4.69, 9.17) is 15.1 Å². The third-order valence-corrected chi connectivity index (χ3v) is 5.85. The number of rotatable bonds is 2. The van der Waals surface area contributed by atoms with Gasteiger partial charge in [0.25, 0.3) is 0 Å². The summed E-state index contributed by atoms with van der Waals surface area (Å²) in [6.07, 6.45) is 4.69. The Hall–Kier alpha value is -3.35. The highest BCUT2D eigenvalue weighted by Crippen LogP contribution is 2.53. The molecule has 0 radical (unpaired) electrons. The highest BCUT2D eigenvalue weighted by Gasteiger charge is 2.45. The van der Waals surface area contributed by atoms with Crippen LogP contribution in [-0.2, 0) is 7.05 Å². The summed E-state index contributed by atoms with van der Waals surface area (Å²) >= 11 is 0. The number of hydrogen-bond donors (Lipinski definition) is 0. The van der Waals surface area contributed by atoms with E-state index in [1.165, 1.54) is 0 Å². The number of aromatic nitrogens is 7. The van der Waals surface area contributed by atoms with Gasteiger partial charge in [-0.3, -0.25) is 9.97 Å². The number of nitrogens with zero attached hydrogens (tertiary/aromatic N) is 7. The normalized spacial score (nSPS) is 19.1. The van der Waals surface area contributed by atoms with Crippen LogP contribution in [0.15, 0.2) is 36.7 Å². The summed E-state index contributed by atoms with van der Waals surface area (Å²) in [6, 6.07) is 8.24. The molecule has 28 heavy (non-hydrogen) atoms. The molecule has 1 aliphatic rings. The lowest BCUT2D eigenvalue weighted by Gasteiger charge is -2.01. The third-order valence-electron chi connectivity index (χ3n) is 5.85. The average molecular weight is 371 g/mol. The fraction of sp³-hybridized carbons (Fsp3) is 0.286. The topological polar surface area (TPSA) is 73.8 Å². The highest BCUT2D eigenvalue weighted by atomic mass is 15.3. The van der Waals surface area contributed by atoms with Crippen molar-refractivity contribution in [2.45, 2.75) is 32.1 Å². The van der Waals surface area contributed by atoms with Gasteiger partial charge in [0, 0.05) is 38.1 Å². The molecule has 0 saturated heterocycles. The van der Waals surface area contributed by atoms with E-state index in [9.17, 15) is 0 Å². The molecule has 0 aliphatic heterocycles. The van der Waals surface area contributed by atoms with Crippen LogP contribution in [0.4, 0.5) is 0 Å². The molecule has 7 heteroatoms. The Morgan fingerprint density at radius 3 is 2.82 bits per heavy atom. The third kappa shape index (κ3) is 2.07. The van der Waals surface area contributed by atoms with Gasteiger partial charge < -0.3 is 4.57 Å². The van der Waals surface area contributed by atoms with E-state index < -0.39 is 0 Å². The van der Waals surface area contributed by atoms with Gasteiger partial charge in [-0.05, 0) is 44.5 Å². The maximum Gasteiger partial charge on any atom is 0.177 e. The molecule has 6 rings (SSSR count). The van der Waals surface area contributed by atoms with E-state index in [1.54, 1.807) is 0 Å². The van der Waals surface area contributed by atoms with Gasteiger partial charge in [0.15, 0.2) is 11.5 Å². The Balaban J connectivity index is 0.00000181. The molecule has 0 N–H and O–H groups in total. The molecule has 0 spiro atoms. The van der Waals surface area contributed by atoms with Gasteiger partial charge in [-0.2, -0.15) is 5.10 Å². The Kier molecular flexibility index (Phi) is 2.99. The van der Waals surface area contributed by atoms with Gasteiger partial charge in [0.2, 0.25) is 0 Å². The predicted octanol–water partition coefficient (Wildman–Crippen LogP) is 3.69. The molecule has 5 aromatic rings. The van der Waals surface area contributed by atoms with E-state index in [0.29, 0.717) is 11.8 Å². The number of aryl methyl sites for hydroxylation is 3. The number of benzene rings is 1. The summed E-state index contributed by atoms with van der Waals surface area (Å²) < 4.78 is 4.11. The Morgan fingerprint density at radius 2 is 1.96 bits per heavy atom. The number of fused-ring (bicyclic) bond motifs is 4. The largest absolute Gasteiger partial charge is 0.331 e. The lowest BCUT2D eigenvalue weighted by atomic mass is 10.2. The molecule has 0 bridgehead atoms. The Labute approximate surface area is 162 Å². The first-order chi connectivity index (χ1) is 13.6. The molecule has 1 aromatic carbocycles. The van der Waals surface area contributed by atoms with Crippen LogP contribution < -0.4 is 0 Å². The molecule has 1 saturated carbocycles. The molecule has 4 heterocycles. The summed E-state index contributed by atoms with van der Waals surface area (Å²) in [5.41, 5.74) is 5.89. The van der Waals surface area contributed by atoms with E-state index in [-0.39, 0.29) is 1.43 Å². The van der Waals surface area contributed by atoms with Crippen LogP contribution in [0, 0.1) is 13.8 Å². The Morgan fingerprint density at radius 1 is 1.07 bits per heavy atom. The van der Waals surface area contributed by atoms with Crippen LogP contribution in [0.5, 0.6) is 0 Å². The number of pyridine rings is 1. The van der Waals surface area contributed by atoms with Gasteiger partial charge in [0.05, 0.1) is 27.9 Å². The summed E-state index contributed by atoms with van der Waals surface area (Å²) in [5, 5.41) is 5.86. The van der Waals surface area contributed by atoms with E-state index in [1.807, 2.05) is 36.8 Å². The zero-order chi connectivity index (χ0) is 19.0. The predicted molar refractivity (Wildman–Crippen MR) is 108 cm³/mol. The van der Waals surface area contributed by atoms with Crippen molar-refractivity contribution in [3.63, 3.8) is 0 Å². The van der Waals surface area contributed by atoms with Gasteiger partial charge >= 0.3 is 0 Å². The molecular weight excluding hydrogens is 350 g/mol. The van der Waals surface area contributed by atoms with Gasteiger partial charge in [-0.25, -0.2) is 14.5 Å². The fourth-order valence-electron chi connectivity index (χ4n) is 4.19. The van der Waals surface area contributed by atoms with Crippen LogP contribution in [0.2, 0.25) is 0 Å². The summed E-state index contributed by atoms with van der Waals surface area (Å²) in [7, 11) is 2.09. The molecule has 2 atom stereocenters. The van der Waals surface area contributed by atoms with Crippen LogP contribution in [0.3, 0.4) is 0 Å². The SMILES string of the molecule is Cc1ncc(C)n2nc(C3C[C@@H]3c3nc4c5cccnc5ccc4n3C)nc12.[HH]. The average Bonchev–Trinajstić information content (AvgIpc) is 3.23. The standard InChI is InChI=1S/C21H19N7.H2/c1-11-10-23-12(2)20-25-19(26-28(11)20)14-9-15(14)21-24-18-13-5-4-8-22-16(13)6-7-17(18)27(21)3;/h4-8,10,14-15H,9H2,1-3H3;1H/t14?,15-;/m0./s1. The molecule has 0 amide bonds. The molecule has 1 fully saturated rings. The zero-order valence-electron chi connectivity index (χ0n) is 16.0. The second-order valence-corrected chi connectivity index (χ2v) is 7.67. The van der Waals surface area contributed by atoms with E-state index in [0.717, 1.165) is 57.0 Å². The summed E-state index contributed by atoms with van der Waals surface area (Å²) in [5.74, 6) is 2.64. The van der Waals surface area contributed by atoms with Crippen LogP contribution >= 0.6 is 0 Å². The smallest absolute Gasteiger partial charge is 0.177 e. The van der Waals surface area contributed by atoms with Crippen LogP contribution in [0.1, 0.15) is 42.7 Å². The van der Waals surface area contributed by atoms with Crippen LogP contribution in [-0.4, -0.2) is 34.1 Å². The second-order valence-electron chi connectivity index (χ2n) is 7.67. The quantitative estimate of drug-likeness (QED) is 0.473. The van der Waals surface area contributed by atoms with Crippen molar-refractivity contribution >= 4 is 27.6 Å². The molecular formula is C21H21N7. The van der Waals surface area contributed by atoms with Crippen molar-refractivity contribution in [2.75, 3.05) is 0 Å². The summed E-state index contributed by atoms with van der Waals surface area (Å²) in [6.45, 7) is 3.98. The molecule has 4 aromatic heterocycles. The van der Waals surface area contributed by atoms with Crippen molar-refractivity contribution in [3.05, 3.63) is 59.7 Å². The minimum Gasteiger partial charge on any atom is -0.331 e. The zero-order valence-corrected chi connectivity index (χ0v) is 16.0. The lowest BCUT2D eigenvalue weighted by molar-refractivity contribution is 0.780. The number of imidazole rings is 1. The maximum atomic E-state index is 5.02.